The van der Waals surface area contributed by atoms with Crippen LogP contribution in [-0.2, 0) is 23.2 Å². The SMILES string of the molecule is Cn1cc(-c2ccc(CN3CCC(C4CCN(c5ccc(NC6CCC(=O)NC6=O)cc5Cl)CC4)CC3)c(OC(F)(F)F)c2)c2cn[nH]c2c1=O. The highest BCUT2D eigenvalue weighted by atomic mass is 35.5. The number of imide groups is 1. The summed E-state index contributed by atoms with van der Waals surface area (Å²) in [6.07, 6.45) is 2.95. The number of alkyl halides is 3. The summed E-state index contributed by atoms with van der Waals surface area (Å²) >= 11 is 6.69. The van der Waals surface area contributed by atoms with Crippen LogP contribution in [0.5, 0.6) is 5.75 Å². The first-order valence-corrected chi connectivity index (χ1v) is 17.6. The van der Waals surface area contributed by atoms with Crippen molar-refractivity contribution in [2.75, 3.05) is 36.4 Å². The van der Waals surface area contributed by atoms with Crippen molar-refractivity contribution in [1.82, 2.24) is 25.0 Å². The van der Waals surface area contributed by atoms with E-state index in [0.717, 1.165) is 63.2 Å². The van der Waals surface area contributed by atoms with Crippen LogP contribution >= 0.6 is 11.6 Å². The van der Waals surface area contributed by atoms with Crippen LogP contribution in [-0.4, -0.2) is 70.1 Å². The molecule has 15 heteroatoms. The fourth-order valence-corrected chi connectivity index (χ4v) is 8.07. The van der Waals surface area contributed by atoms with E-state index in [1.54, 1.807) is 25.4 Å². The van der Waals surface area contributed by atoms with Gasteiger partial charge in [0, 0.05) is 61.5 Å². The molecule has 7 rings (SSSR count). The number of likely N-dealkylation sites (tertiary alicyclic amines) is 1. The van der Waals surface area contributed by atoms with E-state index in [1.165, 1.54) is 16.8 Å². The van der Waals surface area contributed by atoms with Gasteiger partial charge in [0.05, 0.1) is 16.9 Å². The van der Waals surface area contributed by atoms with Gasteiger partial charge in [0.25, 0.3) is 5.56 Å². The minimum absolute atomic E-state index is 0.251. The minimum Gasteiger partial charge on any atom is -0.405 e. The van der Waals surface area contributed by atoms with E-state index >= 15 is 0 Å². The number of pyridine rings is 1. The van der Waals surface area contributed by atoms with Crippen molar-refractivity contribution in [2.45, 2.75) is 57.5 Å². The number of carbonyl (C=O) groups excluding carboxylic acids is 2. The van der Waals surface area contributed by atoms with E-state index in [9.17, 15) is 27.6 Å². The Kier molecular flexibility index (Phi) is 9.72. The standard InChI is InChI=1S/C36H39ClF3N7O4/c1-45-20-27(26-18-41-44-33(26)35(45)50)23-2-3-24(31(16-23)51-36(38,39)40)19-46-12-8-21(9-13-46)22-10-14-47(15-11-22)30-6-4-25(17-28(30)37)42-29-5-7-32(48)43-34(29)49/h2-4,6,16-18,20-22,29,42H,5,7-15,19H2,1H3,(H,41,44)(H,43,48,49). The molecule has 0 saturated carbocycles. The molecule has 0 radical (unpaired) electrons. The van der Waals surface area contributed by atoms with Gasteiger partial charge in [-0.05, 0) is 86.9 Å². The van der Waals surface area contributed by atoms with Gasteiger partial charge in [-0.3, -0.25) is 29.7 Å². The Balaban J connectivity index is 0.949. The van der Waals surface area contributed by atoms with E-state index in [4.69, 9.17) is 11.6 Å². The van der Waals surface area contributed by atoms with Crippen LogP contribution in [0.4, 0.5) is 24.5 Å². The summed E-state index contributed by atoms with van der Waals surface area (Å²) in [6, 6.07) is 10.1. The topological polar surface area (TPSA) is 125 Å². The summed E-state index contributed by atoms with van der Waals surface area (Å²) in [5, 5.41) is 13.3. The molecule has 3 fully saturated rings. The number of hydrogen-bond donors (Lipinski definition) is 3. The maximum absolute atomic E-state index is 13.6. The Morgan fingerprint density at radius 2 is 1.71 bits per heavy atom. The molecule has 1 unspecified atom stereocenters. The van der Waals surface area contributed by atoms with Gasteiger partial charge in [-0.1, -0.05) is 23.7 Å². The van der Waals surface area contributed by atoms with E-state index in [-0.39, 0.29) is 28.6 Å². The van der Waals surface area contributed by atoms with Gasteiger partial charge in [0.15, 0.2) is 0 Å². The molecular formula is C36H39ClF3N7O4. The van der Waals surface area contributed by atoms with Crippen molar-refractivity contribution in [2.24, 2.45) is 18.9 Å². The Labute approximate surface area is 297 Å². The van der Waals surface area contributed by atoms with Gasteiger partial charge in [-0.15, -0.1) is 13.2 Å². The fourth-order valence-electron chi connectivity index (χ4n) is 7.77. The Bertz CT molecular complexity index is 2000. The average Bonchev–Trinajstić information content (AvgIpc) is 3.59. The number of fused-ring (bicyclic) bond motifs is 1. The monoisotopic (exact) mass is 725 g/mol. The van der Waals surface area contributed by atoms with Gasteiger partial charge in [-0.2, -0.15) is 5.10 Å². The first kappa shape index (κ1) is 34.9. The van der Waals surface area contributed by atoms with Crippen LogP contribution in [0, 0.1) is 11.8 Å². The van der Waals surface area contributed by atoms with Crippen molar-refractivity contribution in [3.63, 3.8) is 0 Å². The zero-order valence-electron chi connectivity index (χ0n) is 28.1. The van der Waals surface area contributed by atoms with Crippen LogP contribution in [0.1, 0.15) is 44.1 Å². The second-order valence-corrected chi connectivity index (χ2v) is 14.1. The maximum atomic E-state index is 13.6. The summed E-state index contributed by atoms with van der Waals surface area (Å²) in [7, 11) is 1.58. The normalized spacial score (nSPS) is 19.8. The zero-order chi connectivity index (χ0) is 35.9. The lowest BCUT2D eigenvalue weighted by Gasteiger charge is -2.41. The molecular weight excluding hydrogens is 687 g/mol. The first-order valence-electron chi connectivity index (χ1n) is 17.2. The molecule has 3 aliphatic heterocycles. The molecule has 0 spiro atoms. The highest BCUT2D eigenvalue weighted by Crippen LogP contribution is 2.38. The number of piperidine rings is 3. The van der Waals surface area contributed by atoms with E-state index in [2.05, 4.69) is 35.4 Å². The number of nitrogens with one attached hydrogen (secondary N) is 3. The van der Waals surface area contributed by atoms with E-state index in [1.807, 2.05) is 18.2 Å². The molecule has 2 aromatic carbocycles. The maximum Gasteiger partial charge on any atom is 0.573 e. The Hall–Kier alpha value is -4.56. The number of hydrogen-bond acceptors (Lipinski definition) is 8. The summed E-state index contributed by atoms with van der Waals surface area (Å²) in [5.74, 6) is 0.256. The van der Waals surface area contributed by atoms with Crippen molar-refractivity contribution in [3.05, 3.63) is 69.7 Å². The molecule has 3 saturated heterocycles. The number of aromatic amines is 1. The number of anilines is 2. The third-order valence-corrected chi connectivity index (χ3v) is 10.8. The summed E-state index contributed by atoms with van der Waals surface area (Å²) in [5.41, 5.74) is 3.20. The molecule has 2 aromatic heterocycles. The number of amides is 2. The molecule has 270 valence electrons. The lowest BCUT2D eigenvalue weighted by Crippen LogP contribution is -2.47. The smallest absolute Gasteiger partial charge is 0.405 e. The molecule has 1 atom stereocenters. The van der Waals surface area contributed by atoms with Crippen LogP contribution in [0.25, 0.3) is 22.0 Å². The lowest BCUT2D eigenvalue weighted by molar-refractivity contribution is -0.275. The summed E-state index contributed by atoms with van der Waals surface area (Å²) < 4.78 is 46.6. The number of rotatable bonds is 8. The quantitative estimate of drug-likeness (QED) is 0.194. The third kappa shape index (κ3) is 7.71. The number of carbonyl (C=O) groups is 2. The fraction of sp³-hybridized carbons (Fsp3) is 0.444. The molecule has 51 heavy (non-hydrogen) atoms. The van der Waals surface area contributed by atoms with Crippen molar-refractivity contribution < 1.29 is 27.5 Å². The zero-order valence-corrected chi connectivity index (χ0v) is 28.8. The highest BCUT2D eigenvalue weighted by Gasteiger charge is 2.34. The molecule has 0 bridgehead atoms. The van der Waals surface area contributed by atoms with Crippen LogP contribution in [0.15, 0.2) is 53.6 Å². The van der Waals surface area contributed by atoms with Gasteiger partial charge >= 0.3 is 6.36 Å². The van der Waals surface area contributed by atoms with E-state index in [0.29, 0.717) is 58.3 Å². The number of halogens is 4. The Morgan fingerprint density at radius 3 is 2.39 bits per heavy atom. The van der Waals surface area contributed by atoms with Gasteiger partial charge in [0.1, 0.15) is 17.3 Å². The van der Waals surface area contributed by atoms with Crippen molar-refractivity contribution in [3.8, 4) is 16.9 Å². The molecule has 11 nitrogen and oxygen atoms in total. The third-order valence-electron chi connectivity index (χ3n) is 10.5. The van der Waals surface area contributed by atoms with Gasteiger partial charge in [0.2, 0.25) is 11.8 Å². The lowest BCUT2D eigenvalue weighted by atomic mass is 9.78. The predicted molar refractivity (Wildman–Crippen MR) is 188 cm³/mol. The summed E-state index contributed by atoms with van der Waals surface area (Å²) in [4.78, 5) is 40.5. The largest absolute Gasteiger partial charge is 0.573 e. The van der Waals surface area contributed by atoms with E-state index < -0.39 is 12.4 Å². The first-order chi connectivity index (χ1) is 24.4. The Morgan fingerprint density at radius 1 is 0.980 bits per heavy atom. The highest BCUT2D eigenvalue weighted by molar-refractivity contribution is 6.33. The van der Waals surface area contributed by atoms with Crippen LogP contribution < -0.4 is 25.8 Å². The van der Waals surface area contributed by atoms with Crippen LogP contribution in [0.3, 0.4) is 0 Å². The molecule has 3 N–H and O–H groups in total. The van der Waals surface area contributed by atoms with Crippen molar-refractivity contribution >= 4 is 45.7 Å². The van der Waals surface area contributed by atoms with Crippen LogP contribution in [0.2, 0.25) is 5.02 Å². The second-order valence-electron chi connectivity index (χ2n) is 13.7. The number of nitrogens with zero attached hydrogens (tertiary/aromatic N) is 4. The summed E-state index contributed by atoms with van der Waals surface area (Å²) in [6.45, 7) is 3.63. The molecule has 5 heterocycles. The predicted octanol–water partition coefficient (Wildman–Crippen LogP) is 5.83. The second kappa shape index (κ2) is 14.2. The van der Waals surface area contributed by atoms with Gasteiger partial charge < -0.3 is 19.5 Å². The number of aryl methyl sites for hydroxylation is 1. The number of benzene rings is 2. The molecule has 0 aliphatic carbocycles. The van der Waals surface area contributed by atoms with Gasteiger partial charge in [-0.25, -0.2) is 0 Å². The molecule has 2 amide bonds. The number of aromatic nitrogens is 3. The number of ether oxygens (including phenoxy) is 1. The molecule has 4 aromatic rings. The number of H-pyrrole nitrogens is 1. The molecule has 3 aliphatic rings. The average molecular weight is 726 g/mol. The minimum atomic E-state index is -4.86. The van der Waals surface area contributed by atoms with Crippen molar-refractivity contribution in [1.29, 1.82) is 0 Å².